The van der Waals surface area contributed by atoms with Gasteiger partial charge in [0, 0.05) is 39.9 Å². The summed E-state index contributed by atoms with van der Waals surface area (Å²) in [7, 11) is 0. The van der Waals surface area contributed by atoms with Gasteiger partial charge in [-0.3, -0.25) is 0 Å². The molecule has 0 radical (unpaired) electrons. The van der Waals surface area contributed by atoms with Crippen molar-refractivity contribution < 1.29 is 0 Å². The molecule has 0 spiro atoms. The summed E-state index contributed by atoms with van der Waals surface area (Å²) < 4.78 is 0. The van der Waals surface area contributed by atoms with Crippen LogP contribution in [0.25, 0.3) is 10.6 Å². The minimum absolute atomic E-state index is 0.621. The molecule has 4 heteroatoms. The Bertz CT molecular complexity index is 493. The first-order valence-electron chi connectivity index (χ1n) is 6.19. The van der Waals surface area contributed by atoms with Crippen LogP contribution in [0.2, 0.25) is 0 Å². The maximum absolute atomic E-state index is 4.32. The van der Waals surface area contributed by atoms with Crippen LogP contribution in [0.3, 0.4) is 0 Å². The Morgan fingerprint density at radius 3 is 2.72 bits per heavy atom. The molecule has 2 nitrogen and oxygen atoms in total. The van der Waals surface area contributed by atoms with Gasteiger partial charge in [0.05, 0.1) is 0 Å². The van der Waals surface area contributed by atoms with Crippen molar-refractivity contribution in [2.24, 2.45) is 0 Å². The lowest BCUT2D eigenvalue weighted by Crippen LogP contribution is -2.18. The molecule has 0 aliphatic carbocycles. The molecule has 1 aromatic carbocycles. The number of benzene rings is 1. The van der Waals surface area contributed by atoms with E-state index in [1.807, 2.05) is 11.6 Å². The average molecular weight is 276 g/mol. The zero-order valence-corrected chi connectivity index (χ0v) is 11.9. The molecular formula is C14H16N2S2. The zero-order chi connectivity index (χ0) is 12.4. The number of rotatable bonds is 3. The highest BCUT2D eigenvalue weighted by Crippen LogP contribution is 2.29. The third-order valence-corrected chi connectivity index (χ3v) is 5.31. The summed E-state index contributed by atoms with van der Waals surface area (Å²) in [6.45, 7) is 2.30. The van der Waals surface area contributed by atoms with Gasteiger partial charge in [-0.1, -0.05) is 6.92 Å². The highest BCUT2D eigenvalue weighted by Gasteiger charge is 2.21. The second kappa shape index (κ2) is 5.33. The largest absolute Gasteiger partial charge is 0.381 e. The summed E-state index contributed by atoms with van der Waals surface area (Å²) >= 11 is 3.74. The first kappa shape index (κ1) is 12.1. The molecule has 1 aromatic heterocycles. The van der Waals surface area contributed by atoms with Gasteiger partial charge in [0.1, 0.15) is 5.01 Å². The van der Waals surface area contributed by atoms with Gasteiger partial charge in [-0.25, -0.2) is 4.98 Å². The Kier molecular flexibility index (Phi) is 3.57. The Labute approximate surface area is 116 Å². The van der Waals surface area contributed by atoms with Crippen molar-refractivity contribution in [3.8, 4) is 10.6 Å². The van der Waals surface area contributed by atoms with E-state index in [2.05, 4.69) is 53.3 Å². The summed E-state index contributed by atoms with van der Waals surface area (Å²) in [4.78, 5) is 4.32. The van der Waals surface area contributed by atoms with Gasteiger partial charge in [-0.2, -0.15) is 11.8 Å². The van der Waals surface area contributed by atoms with E-state index in [-0.39, 0.29) is 0 Å². The number of anilines is 1. The third-order valence-electron chi connectivity index (χ3n) is 3.13. The molecule has 1 saturated heterocycles. The van der Waals surface area contributed by atoms with Gasteiger partial charge in [-0.15, -0.1) is 11.3 Å². The van der Waals surface area contributed by atoms with Crippen LogP contribution < -0.4 is 5.32 Å². The molecule has 1 aliphatic rings. The highest BCUT2D eigenvalue weighted by molar-refractivity contribution is 8.00. The molecule has 3 rings (SSSR count). The molecule has 1 N–H and O–H groups in total. The van der Waals surface area contributed by atoms with Crippen molar-refractivity contribution >= 4 is 28.8 Å². The molecular weight excluding hydrogens is 260 g/mol. The van der Waals surface area contributed by atoms with Gasteiger partial charge >= 0.3 is 0 Å². The van der Waals surface area contributed by atoms with E-state index >= 15 is 0 Å². The summed E-state index contributed by atoms with van der Waals surface area (Å²) in [5.41, 5.74) is 2.42. The van der Waals surface area contributed by atoms with Crippen LogP contribution in [0.5, 0.6) is 0 Å². The Balaban J connectivity index is 1.68. The average Bonchev–Trinajstić information content (AvgIpc) is 3.02. The molecule has 2 atom stereocenters. The van der Waals surface area contributed by atoms with Crippen LogP contribution in [0.15, 0.2) is 35.8 Å². The van der Waals surface area contributed by atoms with Crippen molar-refractivity contribution in [3.63, 3.8) is 0 Å². The smallest absolute Gasteiger partial charge is 0.123 e. The Morgan fingerprint density at radius 1 is 1.28 bits per heavy atom. The SMILES string of the molecule is CC1CC(Nc2ccc(-c3nccs3)cc2)CS1. The predicted molar refractivity (Wildman–Crippen MR) is 81.5 cm³/mol. The number of nitrogens with zero attached hydrogens (tertiary/aromatic N) is 1. The molecule has 2 heterocycles. The van der Waals surface area contributed by atoms with Gasteiger partial charge in [0.2, 0.25) is 0 Å². The number of hydrogen-bond donors (Lipinski definition) is 1. The normalized spacial score (nSPS) is 23.2. The first-order chi connectivity index (χ1) is 8.81. The van der Waals surface area contributed by atoms with Crippen molar-refractivity contribution in [1.29, 1.82) is 0 Å². The molecule has 2 unspecified atom stereocenters. The van der Waals surface area contributed by atoms with Gasteiger partial charge in [0.15, 0.2) is 0 Å². The molecule has 1 fully saturated rings. The molecule has 0 saturated carbocycles. The van der Waals surface area contributed by atoms with Gasteiger partial charge in [0.25, 0.3) is 0 Å². The standard InChI is InChI=1S/C14H16N2S2/c1-10-8-13(9-18-10)16-12-4-2-11(3-5-12)14-15-6-7-17-14/h2-7,10,13,16H,8-9H2,1H3. The number of nitrogens with one attached hydrogen (secondary N) is 1. The van der Waals surface area contributed by atoms with Crippen molar-refractivity contribution in [1.82, 2.24) is 4.98 Å². The van der Waals surface area contributed by atoms with Crippen molar-refractivity contribution in [3.05, 3.63) is 35.8 Å². The number of thioether (sulfide) groups is 1. The minimum atomic E-state index is 0.621. The Hall–Kier alpha value is -1.00. The topological polar surface area (TPSA) is 24.9 Å². The molecule has 94 valence electrons. The fourth-order valence-electron chi connectivity index (χ4n) is 2.23. The lowest BCUT2D eigenvalue weighted by Gasteiger charge is -2.13. The molecule has 2 aromatic rings. The van der Waals surface area contributed by atoms with Crippen LogP contribution in [0.4, 0.5) is 5.69 Å². The van der Waals surface area contributed by atoms with E-state index in [1.54, 1.807) is 11.3 Å². The first-order valence-corrected chi connectivity index (χ1v) is 8.12. The van der Waals surface area contributed by atoms with E-state index < -0.39 is 0 Å². The number of hydrogen-bond acceptors (Lipinski definition) is 4. The van der Waals surface area contributed by atoms with E-state index in [0.29, 0.717) is 6.04 Å². The van der Waals surface area contributed by atoms with Crippen LogP contribution >= 0.6 is 23.1 Å². The fraction of sp³-hybridized carbons (Fsp3) is 0.357. The second-order valence-electron chi connectivity index (χ2n) is 4.64. The maximum Gasteiger partial charge on any atom is 0.123 e. The number of aromatic nitrogens is 1. The van der Waals surface area contributed by atoms with Gasteiger partial charge in [-0.05, 0) is 30.7 Å². The Morgan fingerprint density at radius 2 is 2.11 bits per heavy atom. The summed E-state index contributed by atoms with van der Waals surface area (Å²) in [6.07, 6.45) is 3.11. The lowest BCUT2D eigenvalue weighted by molar-refractivity contribution is 0.747. The minimum Gasteiger partial charge on any atom is -0.381 e. The quantitative estimate of drug-likeness (QED) is 0.913. The van der Waals surface area contributed by atoms with E-state index in [1.165, 1.54) is 23.4 Å². The zero-order valence-electron chi connectivity index (χ0n) is 10.3. The fourth-order valence-corrected chi connectivity index (χ4v) is 4.02. The maximum atomic E-state index is 4.32. The summed E-state index contributed by atoms with van der Waals surface area (Å²) in [6, 6.07) is 9.23. The monoisotopic (exact) mass is 276 g/mol. The van der Waals surface area contributed by atoms with Crippen molar-refractivity contribution in [2.45, 2.75) is 24.6 Å². The molecule has 0 amide bonds. The second-order valence-corrected chi connectivity index (χ2v) is 7.00. The van der Waals surface area contributed by atoms with E-state index in [4.69, 9.17) is 0 Å². The van der Waals surface area contributed by atoms with Crippen LogP contribution in [-0.2, 0) is 0 Å². The van der Waals surface area contributed by atoms with E-state index in [0.717, 1.165) is 10.3 Å². The molecule has 1 aliphatic heterocycles. The predicted octanol–water partition coefficient (Wildman–Crippen LogP) is 4.12. The summed E-state index contributed by atoms with van der Waals surface area (Å²) in [5.74, 6) is 1.22. The van der Waals surface area contributed by atoms with Crippen LogP contribution in [-0.4, -0.2) is 22.0 Å². The van der Waals surface area contributed by atoms with Crippen LogP contribution in [0.1, 0.15) is 13.3 Å². The summed E-state index contributed by atoms with van der Waals surface area (Å²) in [5, 5.41) is 7.50. The highest BCUT2D eigenvalue weighted by atomic mass is 32.2. The van der Waals surface area contributed by atoms with Gasteiger partial charge < -0.3 is 5.32 Å². The van der Waals surface area contributed by atoms with Crippen molar-refractivity contribution in [2.75, 3.05) is 11.1 Å². The lowest BCUT2D eigenvalue weighted by atomic mass is 10.1. The van der Waals surface area contributed by atoms with Crippen LogP contribution in [0, 0.1) is 0 Å². The third kappa shape index (κ3) is 2.70. The molecule has 18 heavy (non-hydrogen) atoms. The number of thiazole rings is 1. The molecule has 0 bridgehead atoms. The van der Waals surface area contributed by atoms with E-state index in [9.17, 15) is 0 Å².